The molecule has 0 atom stereocenters. The summed E-state index contributed by atoms with van der Waals surface area (Å²) in [4.78, 5) is 34.5. The maximum absolute atomic E-state index is 13.8. The van der Waals surface area contributed by atoms with E-state index in [2.05, 4.69) is 0 Å². The minimum atomic E-state index is -2.13. The fourth-order valence-electron chi connectivity index (χ4n) is 1.96. The summed E-state index contributed by atoms with van der Waals surface area (Å²) in [5.74, 6) is -3.23. The number of hydrogen-bond donors (Lipinski definition) is 0. The minimum Gasteiger partial charge on any atom is -0.465 e. The van der Waals surface area contributed by atoms with Gasteiger partial charge in [-0.05, 0) is 26.8 Å². The van der Waals surface area contributed by atoms with Crippen LogP contribution in [0.5, 0.6) is 0 Å². The van der Waals surface area contributed by atoms with E-state index in [0.717, 1.165) is 19.1 Å². The van der Waals surface area contributed by atoms with E-state index in [9.17, 15) is 24.1 Å². The normalized spacial score (nSPS) is 10.9. The van der Waals surface area contributed by atoms with Gasteiger partial charge in [0.2, 0.25) is 5.82 Å². The molecule has 8 heteroatoms. The Balaban J connectivity index is 3.59. The molecule has 0 saturated carbocycles. The van der Waals surface area contributed by atoms with Crippen molar-refractivity contribution in [2.24, 2.45) is 0 Å². The first-order valence-electron chi connectivity index (χ1n) is 6.58. The highest BCUT2D eigenvalue weighted by molar-refractivity contribution is 6.06. The number of benzene rings is 1. The second-order valence-corrected chi connectivity index (χ2v) is 4.46. The monoisotopic (exact) mass is 313 g/mol. The number of esters is 2. The third kappa shape index (κ3) is 3.05. The molecule has 0 N–H and O–H groups in total. The summed E-state index contributed by atoms with van der Waals surface area (Å²) in [7, 11) is 0. The maximum Gasteiger partial charge on any atom is 0.328 e. The first kappa shape index (κ1) is 17.5. The van der Waals surface area contributed by atoms with E-state index in [1.807, 2.05) is 0 Å². The molecule has 0 aliphatic carbocycles. The molecule has 22 heavy (non-hydrogen) atoms. The van der Waals surface area contributed by atoms with E-state index < -0.39 is 39.3 Å². The van der Waals surface area contributed by atoms with Crippen molar-refractivity contribution < 1.29 is 28.4 Å². The van der Waals surface area contributed by atoms with Crippen molar-refractivity contribution in [2.75, 3.05) is 13.2 Å². The van der Waals surface area contributed by atoms with Crippen molar-refractivity contribution in [1.82, 2.24) is 0 Å². The van der Waals surface area contributed by atoms with Crippen LogP contribution in [0.2, 0.25) is 0 Å². The van der Waals surface area contributed by atoms with Gasteiger partial charge in [-0.3, -0.25) is 19.7 Å². The Kier molecular flexibility index (Phi) is 5.56. The molecule has 0 bridgehead atoms. The Bertz CT molecular complexity index is 583. The maximum atomic E-state index is 13.8. The van der Waals surface area contributed by atoms with E-state index in [-0.39, 0.29) is 13.2 Å². The van der Waals surface area contributed by atoms with Crippen molar-refractivity contribution >= 4 is 17.6 Å². The van der Waals surface area contributed by atoms with Crippen LogP contribution in [-0.2, 0) is 24.5 Å². The zero-order chi connectivity index (χ0) is 16.9. The fraction of sp³-hybridized carbons (Fsp3) is 0.429. The first-order valence-corrected chi connectivity index (χ1v) is 6.58. The molecule has 0 saturated heterocycles. The summed E-state index contributed by atoms with van der Waals surface area (Å²) in [6.45, 7) is 4.06. The van der Waals surface area contributed by atoms with Gasteiger partial charge in [0.1, 0.15) is 0 Å². The van der Waals surface area contributed by atoms with E-state index >= 15 is 0 Å². The molecule has 7 nitrogen and oxygen atoms in total. The number of nitro benzene ring substituents is 1. The predicted molar refractivity (Wildman–Crippen MR) is 73.7 cm³/mol. The van der Waals surface area contributed by atoms with Crippen molar-refractivity contribution in [3.63, 3.8) is 0 Å². The molecule has 1 rings (SSSR count). The van der Waals surface area contributed by atoms with Crippen LogP contribution in [0.3, 0.4) is 0 Å². The molecule has 0 radical (unpaired) electrons. The van der Waals surface area contributed by atoms with Crippen LogP contribution in [0.15, 0.2) is 18.2 Å². The van der Waals surface area contributed by atoms with Crippen molar-refractivity contribution in [3.05, 3.63) is 39.7 Å². The molecule has 0 aliphatic heterocycles. The molecule has 120 valence electrons. The Morgan fingerprint density at radius 3 is 2.14 bits per heavy atom. The summed E-state index contributed by atoms with van der Waals surface area (Å²) in [6, 6.07) is 3.18. The third-order valence-corrected chi connectivity index (χ3v) is 3.08. The van der Waals surface area contributed by atoms with Gasteiger partial charge in [-0.25, -0.2) is 0 Å². The average molecular weight is 313 g/mol. The molecular formula is C14H16FNO6. The highest BCUT2D eigenvalue weighted by Gasteiger charge is 2.50. The highest BCUT2D eigenvalue weighted by atomic mass is 19.1. The van der Waals surface area contributed by atoms with Crippen molar-refractivity contribution in [1.29, 1.82) is 0 Å². The smallest absolute Gasteiger partial charge is 0.328 e. The molecule has 0 unspecified atom stereocenters. The van der Waals surface area contributed by atoms with Crippen molar-refractivity contribution in [2.45, 2.75) is 26.2 Å². The lowest BCUT2D eigenvalue weighted by Crippen LogP contribution is -2.44. The number of carbonyl (C=O) groups is 2. The number of rotatable bonds is 6. The van der Waals surface area contributed by atoms with Crippen molar-refractivity contribution in [3.8, 4) is 0 Å². The van der Waals surface area contributed by atoms with Gasteiger partial charge in [-0.15, -0.1) is 0 Å². The van der Waals surface area contributed by atoms with Crippen LogP contribution in [0.1, 0.15) is 26.3 Å². The molecule has 1 aromatic carbocycles. The summed E-state index contributed by atoms with van der Waals surface area (Å²) in [6.07, 6.45) is 0. The number of ether oxygens (including phenoxy) is 2. The summed E-state index contributed by atoms with van der Waals surface area (Å²) in [5, 5.41) is 11.1. The van der Waals surface area contributed by atoms with Crippen LogP contribution in [-0.4, -0.2) is 30.1 Å². The van der Waals surface area contributed by atoms with E-state index in [1.165, 1.54) is 19.9 Å². The standard InChI is InChI=1S/C14H16FNO6/c1-4-21-12(17)14(3,13(18)22-5-2)9-7-6-8-10(15)11(9)16(19)20/h6-8H,4-5H2,1-3H3. The average Bonchev–Trinajstić information content (AvgIpc) is 2.46. The van der Waals surface area contributed by atoms with Crippen LogP contribution < -0.4 is 0 Å². The van der Waals surface area contributed by atoms with Gasteiger partial charge in [0.05, 0.1) is 23.7 Å². The Labute approximate surface area is 126 Å². The summed E-state index contributed by atoms with van der Waals surface area (Å²) in [5.41, 5.74) is -3.49. The number of halogens is 1. The Morgan fingerprint density at radius 2 is 1.73 bits per heavy atom. The minimum absolute atomic E-state index is 0.0447. The number of nitro groups is 1. The predicted octanol–water partition coefficient (Wildman–Crippen LogP) is 2.12. The van der Waals surface area contributed by atoms with Gasteiger partial charge >= 0.3 is 17.6 Å². The lowest BCUT2D eigenvalue weighted by molar-refractivity contribution is -0.388. The molecule has 0 spiro atoms. The van der Waals surface area contributed by atoms with Gasteiger partial charge < -0.3 is 9.47 Å². The number of nitrogens with zero attached hydrogens (tertiary/aromatic N) is 1. The van der Waals surface area contributed by atoms with Gasteiger partial charge in [-0.2, -0.15) is 4.39 Å². The van der Waals surface area contributed by atoms with E-state index in [0.29, 0.717) is 0 Å². The Hall–Kier alpha value is -2.51. The van der Waals surface area contributed by atoms with E-state index in [4.69, 9.17) is 9.47 Å². The molecule has 0 aromatic heterocycles. The number of hydrogen-bond acceptors (Lipinski definition) is 6. The molecule has 1 aromatic rings. The molecule has 0 amide bonds. The summed E-state index contributed by atoms with van der Waals surface area (Å²) >= 11 is 0. The Morgan fingerprint density at radius 1 is 1.23 bits per heavy atom. The highest BCUT2D eigenvalue weighted by Crippen LogP contribution is 2.35. The first-order chi connectivity index (χ1) is 10.3. The number of para-hydroxylation sites is 1. The summed E-state index contributed by atoms with van der Waals surface area (Å²) < 4.78 is 23.4. The van der Waals surface area contributed by atoms with Gasteiger partial charge in [0.25, 0.3) is 0 Å². The third-order valence-electron chi connectivity index (χ3n) is 3.08. The van der Waals surface area contributed by atoms with Gasteiger partial charge in [0.15, 0.2) is 5.41 Å². The van der Waals surface area contributed by atoms with Crippen LogP contribution in [0.4, 0.5) is 10.1 Å². The zero-order valence-electron chi connectivity index (χ0n) is 12.4. The zero-order valence-corrected chi connectivity index (χ0v) is 12.4. The van der Waals surface area contributed by atoms with Crippen LogP contribution in [0.25, 0.3) is 0 Å². The molecule has 0 heterocycles. The second kappa shape index (κ2) is 6.97. The largest absolute Gasteiger partial charge is 0.465 e. The van der Waals surface area contributed by atoms with Gasteiger partial charge in [-0.1, -0.05) is 12.1 Å². The fourth-order valence-corrected chi connectivity index (χ4v) is 1.96. The van der Waals surface area contributed by atoms with Gasteiger partial charge in [0, 0.05) is 0 Å². The molecular weight excluding hydrogens is 297 g/mol. The van der Waals surface area contributed by atoms with Crippen LogP contribution >= 0.6 is 0 Å². The molecule has 0 aliphatic rings. The van der Waals surface area contributed by atoms with Crippen LogP contribution in [0, 0.1) is 15.9 Å². The second-order valence-electron chi connectivity index (χ2n) is 4.46. The SMILES string of the molecule is CCOC(=O)C(C)(C(=O)OCC)c1cccc(F)c1[N+](=O)[O-]. The number of carbonyl (C=O) groups excluding carboxylic acids is 2. The molecule has 0 fully saturated rings. The quantitative estimate of drug-likeness (QED) is 0.345. The van der Waals surface area contributed by atoms with E-state index in [1.54, 1.807) is 0 Å². The lowest BCUT2D eigenvalue weighted by Gasteiger charge is -2.25. The lowest BCUT2D eigenvalue weighted by atomic mass is 9.81. The topological polar surface area (TPSA) is 95.7 Å².